The maximum absolute atomic E-state index is 12.5. The third-order valence-electron chi connectivity index (χ3n) is 3.00. The van der Waals surface area contributed by atoms with Crippen LogP contribution in [0.3, 0.4) is 0 Å². The molecule has 0 amide bonds. The number of hydrogen-bond donors (Lipinski definition) is 1. The molecule has 0 radical (unpaired) electrons. The van der Waals surface area contributed by atoms with Gasteiger partial charge in [0.1, 0.15) is 11.5 Å². The van der Waals surface area contributed by atoms with Crippen molar-refractivity contribution in [2.75, 3.05) is 7.05 Å². The average molecular weight is 344 g/mol. The van der Waals surface area contributed by atoms with Gasteiger partial charge in [-0.1, -0.05) is 11.6 Å². The summed E-state index contributed by atoms with van der Waals surface area (Å²) in [5.41, 5.74) is -0.187. The zero-order chi connectivity index (χ0) is 16.5. The number of rotatable bonds is 5. The largest absolute Gasteiger partial charge is 0.478 e. The highest BCUT2D eigenvalue weighted by Gasteiger charge is 2.24. The van der Waals surface area contributed by atoms with Crippen LogP contribution in [0.5, 0.6) is 0 Å². The zero-order valence-corrected chi connectivity index (χ0v) is 13.5. The standard InChI is InChI=1S/C14H14ClNO5S/c1-9-3-4-12(21-9)8-16(2)22(19,20)13-6-10(14(17)18)5-11(15)7-13/h3-7H,8H2,1-2H3,(H,17,18). The molecule has 1 aromatic heterocycles. The maximum atomic E-state index is 12.5. The van der Waals surface area contributed by atoms with Gasteiger partial charge in [-0.25, -0.2) is 13.2 Å². The van der Waals surface area contributed by atoms with Crippen LogP contribution in [0.15, 0.2) is 39.6 Å². The Hall–Kier alpha value is -1.83. The Kier molecular flexibility index (Phi) is 4.60. The number of aryl methyl sites for hydroxylation is 1. The van der Waals surface area contributed by atoms with Crippen molar-refractivity contribution in [2.45, 2.75) is 18.4 Å². The molecule has 0 atom stereocenters. The van der Waals surface area contributed by atoms with Crippen molar-refractivity contribution in [3.8, 4) is 0 Å². The molecule has 0 saturated heterocycles. The molecule has 0 aliphatic heterocycles. The van der Waals surface area contributed by atoms with E-state index in [1.54, 1.807) is 19.1 Å². The van der Waals surface area contributed by atoms with Crippen LogP contribution in [0.2, 0.25) is 5.02 Å². The van der Waals surface area contributed by atoms with Gasteiger partial charge in [0.15, 0.2) is 0 Å². The number of benzene rings is 1. The molecular weight excluding hydrogens is 330 g/mol. The molecule has 0 spiro atoms. The molecule has 22 heavy (non-hydrogen) atoms. The van der Waals surface area contributed by atoms with Crippen LogP contribution >= 0.6 is 11.6 Å². The molecule has 0 aliphatic rings. The normalized spacial score (nSPS) is 11.8. The molecule has 118 valence electrons. The fraction of sp³-hybridized carbons (Fsp3) is 0.214. The Morgan fingerprint density at radius 3 is 2.55 bits per heavy atom. The molecule has 0 bridgehead atoms. The number of nitrogens with zero attached hydrogens (tertiary/aromatic N) is 1. The van der Waals surface area contributed by atoms with Crippen LogP contribution in [-0.2, 0) is 16.6 Å². The van der Waals surface area contributed by atoms with Gasteiger partial charge in [-0.2, -0.15) is 4.31 Å². The molecule has 1 N–H and O–H groups in total. The Labute approximate surface area is 133 Å². The molecule has 1 aromatic carbocycles. The fourth-order valence-electron chi connectivity index (χ4n) is 1.89. The van der Waals surface area contributed by atoms with Crippen molar-refractivity contribution < 1.29 is 22.7 Å². The van der Waals surface area contributed by atoms with Gasteiger partial charge < -0.3 is 9.52 Å². The van der Waals surface area contributed by atoms with Gasteiger partial charge in [-0.3, -0.25) is 0 Å². The van der Waals surface area contributed by atoms with Gasteiger partial charge in [-0.05, 0) is 37.3 Å². The molecule has 0 fully saturated rings. The molecule has 2 rings (SSSR count). The molecule has 1 heterocycles. The third-order valence-corrected chi connectivity index (χ3v) is 5.00. The monoisotopic (exact) mass is 343 g/mol. The minimum Gasteiger partial charge on any atom is -0.478 e. The van der Waals surface area contributed by atoms with Crippen molar-refractivity contribution in [3.05, 3.63) is 52.4 Å². The van der Waals surface area contributed by atoms with E-state index in [2.05, 4.69) is 0 Å². The number of furan rings is 1. The summed E-state index contributed by atoms with van der Waals surface area (Å²) in [5, 5.41) is 9.04. The molecule has 6 nitrogen and oxygen atoms in total. The summed E-state index contributed by atoms with van der Waals surface area (Å²) in [6, 6.07) is 6.90. The number of carboxylic acid groups (broad SMARTS) is 1. The number of carbonyl (C=O) groups is 1. The molecule has 0 saturated carbocycles. The van der Waals surface area contributed by atoms with E-state index in [0.29, 0.717) is 11.5 Å². The van der Waals surface area contributed by atoms with Crippen molar-refractivity contribution in [2.24, 2.45) is 0 Å². The molecule has 2 aromatic rings. The number of halogens is 1. The lowest BCUT2D eigenvalue weighted by Gasteiger charge is -2.16. The Balaban J connectivity index is 2.35. The molecule has 8 heteroatoms. The second-order valence-corrected chi connectivity index (χ2v) is 7.24. The zero-order valence-electron chi connectivity index (χ0n) is 11.9. The maximum Gasteiger partial charge on any atom is 0.335 e. The van der Waals surface area contributed by atoms with Gasteiger partial charge >= 0.3 is 5.97 Å². The van der Waals surface area contributed by atoms with Crippen LogP contribution < -0.4 is 0 Å². The lowest BCUT2D eigenvalue weighted by Crippen LogP contribution is -2.26. The second-order valence-electron chi connectivity index (χ2n) is 4.75. The summed E-state index contributed by atoms with van der Waals surface area (Å²) < 4.78 is 31.4. The number of carboxylic acids is 1. The highest BCUT2D eigenvalue weighted by molar-refractivity contribution is 7.89. The summed E-state index contributed by atoms with van der Waals surface area (Å²) >= 11 is 5.80. The topological polar surface area (TPSA) is 87.8 Å². The lowest BCUT2D eigenvalue weighted by atomic mass is 10.2. The Bertz CT molecular complexity index is 812. The van der Waals surface area contributed by atoms with Crippen LogP contribution in [0, 0.1) is 6.92 Å². The first-order valence-corrected chi connectivity index (χ1v) is 8.07. The van der Waals surface area contributed by atoms with Crippen molar-refractivity contribution in [1.29, 1.82) is 0 Å². The molecular formula is C14H14ClNO5S. The first-order valence-electron chi connectivity index (χ1n) is 6.25. The summed E-state index contributed by atoms with van der Waals surface area (Å²) in [6.07, 6.45) is 0. The number of hydrogen-bond acceptors (Lipinski definition) is 4. The van der Waals surface area contributed by atoms with Gasteiger partial charge in [0.2, 0.25) is 10.0 Å². The number of sulfonamides is 1. The van der Waals surface area contributed by atoms with Gasteiger partial charge in [-0.15, -0.1) is 0 Å². The lowest BCUT2D eigenvalue weighted by molar-refractivity contribution is 0.0696. The van der Waals surface area contributed by atoms with E-state index in [9.17, 15) is 13.2 Å². The third kappa shape index (κ3) is 3.49. The second kappa shape index (κ2) is 6.12. The van der Waals surface area contributed by atoms with E-state index >= 15 is 0 Å². The van der Waals surface area contributed by atoms with E-state index in [4.69, 9.17) is 21.1 Å². The van der Waals surface area contributed by atoms with E-state index in [1.165, 1.54) is 19.2 Å². The highest BCUT2D eigenvalue weighted by atomic mass is 35.5. The predicted octanol–water partition coefficient (Wildman–Crippen LogP) is 2.76. The number of aromatic carboxylic acids is 1. The van der Waals surface area contributed by atoms with Crippen LogP contribution in [-0.4, -0.2) is 30.8 Å². The Morgan fingerprint density at radius 2 is 2.00 bits per heavy atom. The molecule has 0 unspecified atom stereocenters. The quantitative estimate of drug-likeness (QED) is 0.901. The van der Waals surface area contributed by atoms with Crippen molar-refractivity contribution in [1.82, 2.24) is 4.31 Å². The highest BCUT2D eigenvalue weighted by Crippen LogP contribution is 2.23. The minimum atomic E-state index is -3.88. The van der Waals surface area contributed by atoms with Gasteiger partial charge in [0, 0.05) is 12.1 Å². The van der Waals surface area contributed by atoms with Crippen molar-refractivity contribution >= 4 is 27.6 Å². The SMILES string of the molecule is Cc1ccc(CN(C)S(=O)(=O)c2cc(Cl)cc(C(=O)O)c2)o1. The summed E-state index contributed by atoms with van der Waals surface area (Å²) in [6.45, 7) is 1.79. The van der Waals surface area contributed by atoms with E-state index in [1.807, 2.05) is 0 Å². The predicted molar refractivity (Wildman–Crippen MR) is 80.5 cm³/mol. The van der Waals surface area contributed by atoms with Gasteiger partial charge in [0.25, 0.3) is 0 Å². The fourth-order valence-corrected chi connectivity index (χ4v) is 3.40. The first kappa shape index (κ1) is 16.5. The van der Waals surface area contributed by atoms with Crippen LogP contribution in [0.4, 0.5) is 0 Å². The van der Waals surface area contributed by atoms with Crippen molar-refractivity contribution in [3.63, 3.8) is 0 Å². The minimum absolute atomic E-state index is 0.0328. The summed E-state index contributed by atoms with van der Waals surface area (Å²) in [7, 11) is -2.50. The van der Waals surface area contributed by atoms with E-state index in [-0.39, 0.29) is 22.0 Å². The Morgan fingerprint density at radius 1 is 1.32 bits per heavy atom. The smallest absolute Gasteiger partial charge is 0.335 e. The molecule has 0 aliphatic carbocycles. The average Bonchev–Trinajstić information content (AvgIpc) is 2.83. The van der Waals surface area contributed by atoms with E-state index in [0.717, 1.165) is 10.4 Å². The van der Waals surface area contributed by atoms with Crippen LogP contribution in [0.1, 0.15) is 21.9 Å². The van der Waals surface area contributed by atoms with Crippen LogP contribution in [0.25, 0.3) is 0 Å². The summed E-state index contributed by atoms with van der Waals surface area (Å²) in [4.78, 5) is 10.8. The summed E-state index contributed by atoms with van der Waals surface area (Å²) in [5.74, 6) is -0.0796. The first-order chi connectivity index (χ1) is 10.2. The van der Waals surface area contributed by atoms with E-state index < -0.39 is 16.0 Å². The van der Waals surface area contributed by atoms with Gasteiger partial charge in [0.05, 0.1) is 17.0 Å².